The summed E-state index contributed by atoms with van der Waals surface area (Å²) in [6, 6.07) is 0. The van der Waals surface area contributed by atoms with Gasteiger partial charge in [0.25, 0.3) is 0 Å². The van der Waals surface area contributed by atoms with Crippen LogP contribution in [0.5, 0.6) is 0 Å². The number of hydrogen-bond donors (Lipinski definition) is 1. The van der Waals surface area contributed by atoms with Crippen LogP contribution in [0.1, 0.15) is 59.3 Å². The number of unbranched alkanes of at least 4 members (excludes halogenated alkanes) is 1. The number of ether oxygens (including phenoxy) is 1. The van der Waals surface area contributed by atoms with Crippen LogP contribution >= 0.6 is 0 Å². The Balaban J connectivity index is 2.44. The monoisotopic (exact) mass is 326 g/mol. The molecule has 0 aromatic rings. The number of carboxylic acids is 1. The van der Waals surface area contributed by atoms with Crippen LogP contribution in [-0.4, -0.2) is 30.1 Å². The summed E-state index contributed by atoms with van der Waals surface area (Å²) in [5, 5.41) is 8.88. The molecule has 1 heterocycles. The fourth-order valence-electron chi connectivity index (χ4n) is 2.82. The number of carboxylic acid groups (broad SMARTS) is 1. The quantitative estimate of drug-likeness (QED) is 0.390. The maximum atomic E-state index is 10.8. The molecule has 0 spiro atoms. The first-order valence-electron chi connectivity index (χ1n) is 8.37. The zero-order valence-corrected chi connectivity index (χ0v) is 14.7. The van der Waals surface area contributed by atoms with Gasteiger partial charge in [0.1, 0.15) is 6.10 Å². The average molecular weight is 326 g/mol. The molecular formula is C18H30O5. The molecule has 1 fully saturated rings. The molecule has 0 aromatic carbocycles. The summed E-state index contributed by atoms with van der Waals surface area (Å²) < 4.78 is 5.54. The van der Waals surface area contributed by atoms with Gasteiger partial charge in [0.2, 0.25) is 5.79 Å². The largest absolute Gasteiger partial charge is 0.481 e. The summed E-state index contributed by atoms with van der Waals surface area (Å²) in [4.78, 5) is 21.6. The molecule has 0 amide bonds. The van der Waals surface area contributed by atoms with Crippen molar-refractivity contribution in [3.05, 3.63) is 23.8 Å². The number of aliphatic carboxylic acids is 1. The van der Waals surface area contributed by atoms with Crippen LogP contribution in [0.15, 0.2) is 23.8 Å². The molecule has 23 heavy (non-hydrogen) atoms. The van der Waals surface area contributed by atoms with Crippen LogP contribution in [-0.2, 0) is 19.3 Å². The first-order valence-corrected chi connectivity index (χ1v) is 8.37. The molecule has 1 rings (SSSR count). The van der Waals surface area contributed by atoms with Crippen molar-refractivity contribution in [3.8, 4) is 0 Å². The molecule has 5 heteroatoms. The Morgan fingerprint density at radius 2 is 2.22 bits per heavy atom. The van der Waals surface area contributed by atoms with E-state index >= 15 is 0 Å². The minimum absolute atomic E-state index is 0.0489. The Hall–Kier alpha value is -1.17. The Morgan fingerprint density at radius 1 is 1.48 bits per heavy atom. The van der Waals surface area contributed by atoms with Crippen LogP contribution in [0, 0.1) is 5.92 Å². The molecule has 1 N–H and O–H groups in total. The molecule has 0 aromatic heterocycles. The molecule has 0 bridgehead atoms. The second-order valence-electron chi connectivity index (χ2n) is 6.26. The highest BCUT2D eigenvalue weighted by atomic mass is 17.2. The molecule has 3 atom stereocenters. The predicted octanol–water partition coefficient (Wildman–Crippen LogP) is 4.24. The second-order valence-corrected chi connectivity index (χ2v) is 6.26. The molecule has 0 radical (unpaired) electrons. The standard InChI is InChI=1S/C18H30O5/c1-5-9-14(2)10-7-6-8-11-18(21-4)13-15(3)16(22-23-18)12-17(19)20/h7,9-10,15-16H,5-6,8,11-13H2,1-4H3,(H,19,20)/b10-7+,14-9+/t15-,16+,18-/m0/s1. The van der Waals surface area contributed by atoms with Gasteiger partial charge >= 0.3 is 5.97 Å². The van der Waals surface area contributed by atoms with E-state index in [0.717, 1.165) is 19.3 Å². The Labute approximate surface area is 139 Å². The molecule has 0 saturated carbocycles. The van der Waals surface area contributed by atoms with E-state index in [9.17, 15) is 4.79 Å². The van der Waals surface area contributed by atoms with E-state index in [2.05, 4.69) is 32.1 Å². The number of carbonyl (C=O) groups is 1. The minimum atomic E-state index is -0.879. The van der Waals surface area contributed by atoms with Crippen molar-refractivity contribution >= 4 is 5.97 Å². The van der Waals surface area contributed by atoms with Crippen molar-refractivity contribution in [2.75, 3.05) is 7.11 Å². The topological polar surface area (TPSA) is 65.0 Å². The third kappa shape index (κ3) is 6.85. The van der Waals surface area contributed by atoms with E-state index in [1.807, 2.05) is 6.92 Å². The zero-order valence-electron chi connectivity index (χ0n) is 14.7. The number of allylic oxidation sites excluding steroid dienone is 4. The third-order valence-corrected chi connectivity index (χ3v) is 4.17. The lowest BCUT2D eigenvalue weighted by molar-refractivity contribution is -0.475. The van der Waals surface area contributed by atoms with Crippen molar-refractivity contribution in [1.29, 1.82) is 0 Å². The third-order valence-electron chi connectivity index (χ3n) is 4.17. The molecule has 0 aliphatic carbocycles. The zero-order chi connectivity index (χ0) is 17.3. The van der Waals surface area contributed by atoms with Gasteiger partial charge in [-0.25, -0.2) is 9.78 Å². The normalized spacial score (nSPS) is 29.1. The Bertz CT molecular complexity index is 429. The highest BCUT2D eigenvalue weighted by Gasteiger charge is 2.42. The maximum absolute atomic E-state index is 10.8. The van der Waals surface area contributed by atoms with Crippen molar-refractivity contribution in [3.63, 3.8) is 0 Å². The minimum Gasteiger partial charge on any atom is -0.481 e. The lowest BCUT2D eigenvalue weighted by atomic mass is 9.90. The average Bonchev–Trinajstić information content (AvgIpc) is 2.49. The van der Waals surface area contributed by atoms with E-state index in [1.54, 1.807) is 7.11 Å². The van der Waals surface area contributed by atoms with Crippen molar-refractivity contribution in [1.82, 2.24) is 0 Å². The van der Waals surface area contributed by atoms with Crippen molar-refractivity contribution < 1.29 is 24.4 Å². The number of hydrogen-bond acceptors (Lipinski definition) is 4. The van der Waals surface area contributed by atoms with E-state index in [0.29, 0.717) is 12.8 Å². The van der Waals surface area contributed by atoms with E-state index in [-0.39, 0.29) is 12.3 Å². The summed E-state index contributed by atoms with van der Waals surface area (Å²) in [5.74, 6) is -1.57. The maximum Gasteiger partial charge on any atom is 0.306 e. The molecule has 1 aliphatic rings. The summed E-state index contributed by atoms with van der Waals surface area (Å²) in [5.41, 5.74) is 1.27. The lowest BCUT2D eigenvalue weighted by Gasteiger charge is -2.40. The van der Waals surface area contributed by atoms with Crippen molar-refractivity contribution in [2.45, 2.75) is 71.2 Å². The highest BCUT2D eigenvalue weighted by molar-refractivity contribution is 5.67. The van der Waals surface area contributed by atoms with E-state index in [4.69, 9.17) is 19.6 Å². The van der Waals surface area contributed by atoms with Gasteiger partial charge in [-0.05, 0) is 32.1 Å². The van der Waals surface area contributed by atoms with Gasteiger partial charge in [-0.2, -0.15) is 0 Å². The Morgan fingerprint density at radius 3 is 2.78 bits per heavy atom. The van der Waals surface area contributed by atoms with Gasteiger partial charge in [-0.15, -0.1) is 0 Å². The molecule has 0 unspecified atom stereocenters. The van der Waals surface area contributed by atoms with E-state index < -0.39 is 17.9 Å². The van der Waals surface area contributed by atoms with E-state index in [1.165, 1.54) is 5.57 Å². The second kappa shape index (κ2) is 9.85. The van der Waals surface area contributed by atoms with Crippen LogP contribution in [0.2, 0.25) is 0 Å². The van der Waals surface area contributed by atoms with Gasteiger partial charge < -0.3 is 9.84 Å². The van der Waals surface area contributed by atoms with Gasteiger partial charge in [-0.3, -0.25) is 4.79 Å². The summed E-state index contributed by atoms with van der Waals surface area (Å²) in [6.45, 7) is 6.20. The first-order chi connectivity index (χ1) is 10.9. The fourth-order valence-corrected chi connectivity index (χ4v) is 2.82. The summed E-state index contributed by atoms with van der Waals surface area (Å²) in [6.07, 6.45) is 10.3. The molecular weight excluding hydrogens is 296 g/mol. The van der Waals surface area contributed by atoms with Crippen LogP contribution in [0.25, 0.3) is 0 Å². The van der Waals surface area contributed by atoms with Gasteiger partial charge in [0.05, 0.1) is 6.42 Å². The number of rotatable bonds is 9. The van der Waals surface area contributed by atoms with Crippen LogP contribution in [0.3, 0.4) is 0 Å². The summed E-state index contributed by atoms with van der Waals surface area (Å²) in [7, 11) is 1.61. The summed E-state index contributed by atoms with van der Waals surface area (Å²) >= 11 is 0. The molecule has 5 nitrogen and oxygen atoms in total. The fraction of sp³-hybridized carbons (Fsp3) is 0.722. The van der Waals surface area contributed by atoms with Crippen molar-refractivity contribution in [2.24, 2.45) is 5.92 Å². The molecule has 1 saturated heterocycles. The first kappa shape index (κ1) is 19.9. The van der Waals surface area contributed by atoms with Gasteiger partial charge in [0, 0.05) is 20.0 Å². The molecule has 1 aliphatic heterocycles. The van der Waals surface area contributed by atoms with Crippen LogP contribution in [0.4, 0.5) is 0 Å². The SMILES string of the molecule is CC/C=C(C)/C=C/CCC[C@@]1(OC)C[C@H](C)[C@@H](CC(=O)O)OO1. The Kier molecular flexibility index (Phi) is 8.52. The van der Waals surface area contributed by atoms with Gasteiger partial charge in [0.15, 0.2) is 0 Å². The molecule has 132 valence electrons. The smallest absolute Gasteiger partial charge is 0.306 e. The van der Waals surface area contributed by atoms with Crippen LogP contribution < -0.4 is 0 Å². The predicted molar refractivity (Wildman–Crippen MR) is 88.8 cm³/mol. The van der Waals surface area contributed by atoms with Gasteiger partial charge in [-0.1, -0.05) is 37.6 Å². The highest BCUT2D eigenvalue weighted by Crippen LogP contribution is 2.36. The lowest BCUT2D eigenvalue weighted by Crippen LogP contribution is -2.46. The number of methoxy groups -OCH3 is 1.